The number of hydrogen-bond acceptors (Lipinski definition) is 3. The number of para-hydroxylation sites is 1. The number of hydrogen-bond donors (Lipinski definition) is 0. The quantitative estimate of drug-likeness (QED) is 0.430. The van der Waals surface area contributed by atoms with E-state index >= 15 is 0 Å². The van der Waals surface area contributed by atoms with E-state index in [0.29, 0.717) is 28.5 Å². The molecule has 0 bridgehead atoms. The van der Waals surface area contributed by atoms with Crippen molar-refractivity contribution >= 4 is 22.1 Å². The Morgan fingerprint density at radius 3 is 2.69 bits per heavy atom. The summed E-state index contributed by atoms with van der Waals surface area (Å²) in [6.07, 6.45) is 2.35. The predicted octanol–water partition coefficient (Wildman–Crippen LogP) is 6.36. The summed E-state index contributed by atoms with van der Waals surface area (Å²) in [7, 11) is 0. The zero-order valence-corrected chi connectivity index (χ0v) is 15.2. The normalized spacial score (nSPS) is 16.9. The highest BCUT2D eigenvalue weighted by Crippen LogP contribution is 2.34. The van der Waals surface area contributed by atoms with Gasteiger partial charge in [-0.1, -0.05) is 45.8 Å². The second kappa shape index (κ2) is 6.56. The van der Waals surface area contributed by atoms with Crippen molar-refractivity contribution in [3.05, 3.63) is 59.9 Å². The van der Waals surface area contributed by atoms with Crippen molar-refractivity contribution in [3.63, 3.8) is 0 Å². The fourth-order valence-electron chi connectivity index (χ4n) is 3.23. The predicted molar refractivity (Wildman–Crippen MR) is 107 cm³/mol. The topological polar surface area (TPSA) is 38.9 Å². The largest absolute Gasteiger partial charge is 0.437 e. The average Bonchev–Trinajstić information content (AvgIpc) is 3.04. The van der Waals surface area contributed by atoms with Gasteiger partial charge in [0.25, 0.3) is 0 Å². The Morgan fingerprint density at radius 1 is 1.08 bits per heavy atom. The second-order valence-corrected chi connectivity index (χ2v) is 7.09. The Kier molecular flexibility index (Phi) is 3.19. The minimum Gasteiger partial charge on any atom is -0.437 e. The fourth-order valence-corrected chi connectivity index (χ4v) is 3.23. The van der Waals surface area contributed by atoms with E-state index in [9.17, 15) is 0 Å². The van der Waals surface area contributed by atoms with Crippen molar-refractivity contribution in [2.45, 2.75) is 39.9 Å². The highest BCUT2D eigenvalue weighted by Gasteiger charge is 2.14. The van der Waals surface area contributed by atoms with E-state index in [-0.39, 0.29) is 0 Å². The van der Waals surface area contributed by atoms with Gasteiger partial charge < -0.3 is 4.42 Å². The average molecular weight is 348 g/mol. The van der Waals surface area contributed by atoms with Crippen LogP contribution < -0.4 is 0 Å². The molecule has 0 aliphatic carbocycles. The number of benzene rings is 1. The Labute approximate surface area is 159 Å². The summed E-state index contributed by atoms with van der Waals surface area (Å²) in [4.78, 5) is 9.14. The lowest BCUT2D eigenvalue weighted by atomic mass is 10.0. The molecule has 1 atom stereocenters. The van der Waals surface area contributed by atoms with Crippen LogP contribution >= 0.6 is 0 Å². The van der Waals surface area contributed by atoms with Gasteiger partial charge in [0.1, 0.15) is 5.58 Å². The first-order chi connectivity index (χ1) is 14.1. The smallest absolute Gasteiger partial charge is 0.227 e. The number of nitrogens with zero attached hydrogens (tertiary/aromatic N) is 2. The summed E-state index contributed by atoms with van der Waals surface area (Å²) in [5, 5.41) is 1.92. The van der Waals surface area contributed by atoms with Crippen molar-refractivity contribution in [2.24, 2.45) is 5.92 Å². The zero-order valence-electron chi connectivity index (χ0n) is 19.2. The van der Waals surface area contributed by atoms with Gasteiger partial charge in [0.2, 0.25) is 5.71 Å². The molecule has 0 aliphatic heterocycles. The van der Waals surface area contributed by atoms with Gasteiger partial charge in [0.05, 0.1) is 5.69 Å². The van der Waals surface area contributed by atoms with Gasteiger partial charge in [0, 0.05) is 33.7 Å². The zero-order chi connectivity index (χ0) is 21.7. The van der Waals surface area contributed by atoms with Crippen LogP contribution in [0.4, 0.5) is 0 Å². The van der Waals surface area contributed by atoms with Crippen molar-refractivity contribution in [1.82, 2.24) is 9.97 Å². The van der Waals surface area contributed by atoms with Crippen molar-refractivity contribution < 1.29 is 9.90 Å². The maximum Gasteiger partial charge on any atom is 0.227 e. The highest BCUT2D eigenvalue weighted by molar-refractivity contribution is 6.08. The first-order valence-corrected chi connectivity index (χ1v) is 8.86. The molecule has 132 valence electrons. The van der Waals surface area contributed by atoms with Crippen LogP contribution in [-0.4, -0.2) is 9.97 Å². The van der Waals surface area contributed by atoms with Crippen molar-refractivity contribution in [3.8, 4) is 11.3 Å². The molecule has 1 unspecified atom stereocenters. The Morgan fingerprint density at radius 2 is 1.96 bits per heavy atom. The van der Waals surface area contributed by atoms with E-state index in [4.69, 9.17) is 9.90 Å². The molecule has 1 aromatic carbocycles. The maximum absolute atomic E-state index is 8.24. The fraction of sp³-hybridized carbons (Fsp3) is 0.304. The molecule has 3 heterocycles. The first kappa shape index (κ1) is 12.6. The minimum atomic E-state index is -2.44. The summed E-state index contributed by atoms with van der Waals surface area (Å²) in [6, 6.07) is 13.4. The lowest BCUT2D eigenvalue weighted by Crippen LogP contribution is -1.96. The maximum atomic E-state index is 8.24. The number of furan rings is 1. The summed E-state index contributed by atoms with van der Waals surface area (Å²) in [5.41, 5.74) is 4.12. The molecule has 26 heavy (non-hydrogen) atoms. The van der Waals surface area contributed by atoms with Gasteiger partial charge in [-0.05, 0) is 48.1 Å². The molecule has 4 rings (SSSR count). The van der Waals surface area contributed by atoms with Crippen LogP contribution in [0.25, 0.3) is 33.3 Å². The van der Waals surface area contributed by atoms with E-state index in [1.54, 1.807) is 12.1 Å². The summed E-state index contributed by atoms with van der Waals surface area (Å²) in [6.45, 7) is 3.27. The van der Waals surface area contributed by atoms with E-state index in [2.05, 4.69) is 23.8 Å². The van der Waals surface area contributed by atoms with Gasteiger partial charge in [-0.2, -0.15) is 0 Å². The molecule has 0 saturated heterocycles. The van der Waals surface area contributed by atoms with Crippen LogP contribution in [0.15, 0.2) is 53.1 Å². The minimum absolute atomic E-state index is 0.350. The monoisotopic (exact) mass is 348 g/mol. The number of rotatable bonds is 4. The van der Waals surface area contributed by atoms with E-state index in [1.807, 2.05) is 30.3 Å². The van der Waals surface area contributed by atoms with Crippen LogP contribution in [-0.2, 0) is 6.42 Å². The molecule has 3 aromatic heterocycles. The highest BCUT2D eigenvalue weighted by atomic mass is 16.3. The molecule has 0 fully saturated rings. The molecule has 0 saturated carbocycles. The van der Waals surface area contributed by atoms with Crippen LogP contribution in [0.1, 0.15) is 50.3 Å². The molecular weight excluding hydrogens is 320 g/mol. The van der Waals surface area contributed by atoms with Gasteiger partial charge in [-0.15, -0.1) is 0 Å². The Balaban J connectivity index is 1.79. The summed E-state index contributed by atoms with van der Waals surface area (Å²) >= 11 is 0. The van der Waals surface area contributed by atoms with Crippen LogP contribution in [0.5, 0.6) is 0 Å². The molecule has 0 N–H and O–H groups in total. The molecular formula is C23H24N2O. The third-order valence-corrected chi connectivity index (χ3v) is 4.51. The standard InChI is InChI=1S/C23H24N2O/c1-14(2)12-17-9-10-19-18-6-5-7-20(22(18)26-23(19)25-17)21-11-8-16(13-24-21)15(3)4/h5-11,13-15H,12H2,1-4H3/i3D3,15D. The van der Waals surface area contributed by atoms with Gasteiger partial charge in [0.15, 0.2) is 0 Å². The van der Waals surface area contributed by atoms with Gasteiger partial charge >= 0.3 is 0 Å². The molecule has 0 amide bonds. The lowest BCUT2D eigenvalue weighted by molar-refractivity contribution is 0.621. The molecule has 4 aromatic rings. The van der Waals surface area contributed by atoms with Crippen molar-refractivity contribution in [2.75, 3.05) is 0 Å². The van der Waals surface area contributed by atoms with Crippen LogP contribution in [0.3, 0.4) is 0 Å². The summed E-state index contributed by atoms with van der Waals surface area (Å²) < 4.78 is 37.2. The molecule has 3 heteroatoms. The van der Waals surface area contributed by atoms with Gasteiger partial charge in [-0.3, -0.25) is 4.98 Å². The van der Waals surface area contributed by atoms with Crippen LogP contribution in [0.2, 0.25) is 0 Å². The van der Waals surface area contributed by atoms with E-state index in [1.165, 1.54) is 13.1 Å². The molecule has 0 aliphatic rings. The first-order valence-electron chi connectivity index (χ1n) is 10.9. The second-order valence-electron chi connectivity index (χ2n) is 7.09. The third kappa shape index (κ3) is 2.98. The molecule has 0 radical (unpaired) electrons. The van der Waals surface area contributed by atoms with Gasteiger partial charge in [-0.25, -0.2) is 4.98 Å². The summed E-state index contributed by atoms with van der Waals surface area (Å²) in [5.74, 6) is -1.21. The van der Waals surface area contributed by atoms with Crippen molar-refractivity contribution in [1.29, 1.82) is 0 Å². The molecule has 0 spiro atoms. The molecule has 3 nitrogen and oxygen atoms in total. The van der Waals surface area contributed by atoms with E-state index < -0.39 is 12.7 Å². The number of fused-ring (bicyclic) bond motifs is 3. The number of aromatic nitrogens is 2. The Bertz CT molecular complexity index is 1210. The van der Waals surface area contributed by atoms with E-state index in [0.717, 1.165) is 28.5 Å². The lowest BCUT2D eigenvalue weighted by Gasteiger charge is -2.06. The SMILES string of the molecule is [2H]C([2H])([2H])C([2H])(C)c1ccc(-c2cccc3c2oc2nc(CC(C)C)ccc23)nc1. The Hall–Kier alpha value is -2.68. The number of pyridine rings is 2. The third-order valence-electron chi connectivity index (χ3n) is 4.51. The van der Waals surface area contributed by atoms with Crippen LogP contribution in [0, 0.1) is 5.92 Å².